The highest BCUT2D eigenvalue weighted by molar-refractivity contribution is 7.99. The minimum Gasteiger partial charge on any atom is -0.241 e. The van der Waals surface area contributed by atoms with E-state index in [-0.39, 0.29) is 5.82 Å². The van der Waals surface area contributed by atoms with Crippen LogP contribution in [0.4, 0.5) is 4.39 Å². The molecule has 0 atom stereocenters. The van der Waals surface area contributed by atoms with Gasteiger partial charge in [0, 0.05) is 11.5 Å². The molecule has 0 radical (unpaired) electrons. The number of aryl methyl sites for hydroxylation is 1. The first-order chi connectivity index (χ1) is 7.20. The van der Waals surface area contributed by atoms with Crippen molar-refractivity contribution in [1.82, 2.24) is 4.98 Å². The number of rotatable bonds is 2. The summed E-state index contributed by atoms with van der Waals surface area (Å²) in [6, 6.07) is 6.80. The van der Waals surface area contributed by atoms with Crippen molar-refractivity contribution in [2.75, 3.05) is 5.75 Å². The average Bonchev–Trinajstić information content (AvgIpc) is 2.17. The van der Waals surface area contributed by atoms with E-state index >= 15 is 0 Å². The van der Waals surface area contributed by atoms with E-state index in [0.717, 1.165) is 27.2 Å². The predicted octanol–water partition coefficient (Wildman–Crippen LogP) is 3.79. The van der Waals surface area contributed by atoms with Crippen molar-refractivity contribution < 1.29 is 4.39 Å². The van der Waals surface area contributed by atoms with Gasteiger partial charge in [0.2, 0.25) is 0 Å². The number of halogens is 1. The second-order valence-electron chi connectivity index (χ2n) is 3.37. The first-order valence-electron chi connectivity index (χ1n) is 4.90. The Labute approximate surface area is 92.7 Å². The molecular formula is C12H12FNS. The summed E-state index contributed by atoms with van der Waals surface area (Å²) < 4.78 is 13.0. The van der Waals surface area contributed by atoms with Crippen LogP contribution in [0.25, 0.3) is 10.9 Å². The van der Waals surface area contributed by atoms with Gasteiger partial charge in [-0.1, -0.05) is 6.92 Å². The van der Waals surface area contributed by atoms with Crippen LogP contribution in [0, 0.1) is 12.7 Å². The van der Waals surface area contributed by atoms with Crippen molar-refractivity contribution in [3.8, 4) is 0 Å². The molecule has 1 heterocycles. The third-order valence-electron chi connectivity index (χ3n) is 2.25. The van der Waals surface area contributed by atoms with Gasteiger partial charge in [0.15, 0.2) is 0 Å². The third kappa shape index (κ3) is 2.12. The van der Waals surface area contributed by atoms with Gasteiger partial charge in [-0.05, 0) is 36.4 Å². The molecule has 2 aromatic rings. The highest BCUT2D eigenvalue weighted by atomic mass is 32.2. The smallest absolute Gasteiger partial charge is 0.125 e. The van der Waals surface area contributed by atoms with E-state index in [1.807, 2.05) is 6.92 Å². The highest BCUT2D eigenvalue weighted by Gasteiger charge is 2.03. The summed E-state index contributed by atoms with van der Waals surface area (Å²) in [6.07, 6.45) is 0. The molecule has 0 spiro atoms. The molecule has 0 N–H and O–H groups in total. The molecule has 15 heavy (non-hydrogen) atoms. The zero-order valence-corrected chi connectivity index (χ0v) is 9.57. The number of hydrogen-bond acceptors (Lipinski definition) is 2. The molecule has 0 aliphatic carbocycles. The van der Waals surface area contributed by atoms with E-state index in [1.165, 1.54) is 12.1 Å². The lowest BCUT2D eigenvalue weighted by molar-refractivity contribution is 0.629. The highest BCUT2D eigenvalue weighted by Crippen LogP contribution is 2.23. The first kappa shape index (κ1) is 10.4. The van der Waals surface area contributed by atoms with Crippen molar-refractivity contribution >= 4 is 22.7 Å². The lowest BCUT2D eigenvalue weighted by Gasteiger charge is -2.05. The Hall–Kier alpha value is -1.09. The Morgan fingerprint density at radius 3 is 2.87 bits per heavy atom. The van der Waals surface area contributed by atoms with Gasteiger partial charge in [-0.25, -0.2) is 9.37 Å². The Bertz CT molecular complexity index is 496. The number of pyridine rings is 1. The minimum absolute atomic E-state index is 0.229. The summed E-state index contributed by atoms with van der Waals surface area (Å²) in [5, 5.41) is 1.99. The van der Waals surface area contributed by atoms with Crippen LogP contribution in [0.3, 0.4) is 0 Å². The number of benzene rings is 1. The number of nitrogens with zero attached hydrogens (tertiary/aromatic N) is 1. The maximum Gasteiger partial charge on any atom is 0.125 e. The van der Waals surface area contributed by atoms with Gasteiger partial charge in [-0.2, -0.15) is 0 Å². The maximum absolute atomic E-state index is 13.0. The van der Waals surface area contributed by atoms with Gasteiger partial charge >= 0.3 is 0 Å². The molecule has 2 rings (SSSR count). The second kappa shape index (κ2) is 4.19. The lowest BCUT2D eigenvalue weighted by atomic mass is 10.1. The van der Waals surface area contributed by atoms with Gasteiger partial charge in [-0.15, -0.1) is 11.8 Å². The Kier molecular flexibility index (Phi) is 2.91. The van der Waals surface area contributed by atoms with Gasteiger partial charge in [0.1, 0.15) is 5.82 Å². The molecule has 0 unspecified atom stereocenters. The van der Waals surface area contributed by atoms with Crippen LogP contribution in [-0.2, 0) is 0 Å². The maximum atomic E-state index is 13.0. The fourth-order valence-electron chi connectivity index (χ4n) is 1.57. The van der Waals surface area contributed by atoms with Crippen LogP contribution in [0.2, 0.25) is 0 Å². The van der Waals surface area contributed by atoms with Crippen LogP contribution in [0.1, 0.15) is 12.5 Å². The normalized spacial score (nSPS) is 10.9. The number of hydrogen-bond donors (Lipinski definition) is 0. The Morgan fingerprint density at radius 2 is 2.13 bits per heavy atom. The largest absolute Gasteiger partial charge is 0.241 e. The minimum atomic E-state index is -0.229. The molecule has 1 nitrogen and oxygen atoms in total. The zero-order valence-electron chi connectivity index (χ0n) is 8.75. The Morgan fingerprint density at radius 1 is 1.33 bits per heavy atom. The summed E-state index contributed by atoms with van der Waals surface area (Å²) in [6.45, 7) is 4.11. The van der Waals surface area contributed by atoms with E-state index in [1.54, 1.807) is 17.8 Å². The van der Waals surface area contributed by atoms with E-state index in [0.29, 0.717) is 0 Å². The first-order valence-corrected chi connectivity index (χ1v) is 5.89. The van der Waals surface area contributed by atoms with Gasteiger partial charge in [0.05, 0.1) is 10.5 Å². The molecule has 0 amide bonds. The second-order valence-corrected chi connectivity index (χ2v) is 4.66. The van der Waals surface area contributed by atoms with Crippen molar-refractivity contribution in [3.05, 3.63) is 35.6 Å². The summed E-state index contributed by atoms with van der Waals surface area (Å²) in [5.74, 6) is 0.751. The van der Waals surface area contributed by atoms with Gasteiger partial charge < -0.3 is 0 Å². The number of thioether (sulfide) groups is 1. The molecule has 78 valence electrons. The Balaban J connectivity index is 2.63. The molecule has 0 aliphatic heterocycles. The van der Waals surface area contributed by atoms with E-state index < -0.39 is 0 Å². The summed E-state index contributed by atoms with van der Waals surface area (Å²) >= 11 is 1.68. The van der Waals surface area contributed by atoms with E-state index in [2.05, 4.69) is 18.0 Å². The molecule has 0 saturated heterocycles. The van der Waals surface area contributed by atoms with Crippen LogP contribution in [0.15, 0.2) is 29.3 Å². The van der Waals surface area contributed by atoms with Crippen molar-refractivity contribution in [2.45, 2.75) is 18.9 Å². The summed E-state index contributed by atoms with van der Waals surface area (Å²) in [7, 11) is 0. The topological polar surface area (TPSA) is 12.9 Å². The molecular weight excluding hydrogens is 209 g/mol. The zero-order chi connectivity index (χ0) is 10.8. The predicted molar refractivity (Wildman–Crippen MR) is 62.8 cm³/mol. The number of aromatic nitrogens is 1. The summed E-state index contributed by atoms with van der Waals surface area (Å²) in [4.78, 5) is 4.41. The average molecular weight is 221 g/mol. The van der Waals surface area contributed by atoms with Crippen molar-refractivity contribution in [3.63, 3.8) is 0 Å². The van der Waals surface area contributed by atoms with Gasteiger partial charge in [-0.3, -0.25) is 0 Å². The molecule has 0 fully saturated rings. The quantitative estimate of drug-likeness (QED) is 0.715. The monoisotopic (exact) mass is 221 g/mol. The van der Waals surface area contributed by atoms with Crippen LogP contribution < -0.4 is 0 Å². The van der Waals surface area contributed by atoms with E-state index in [9.17, 15) is 4.39 Å². The molecule has 0 bridgehead atoms. The number of fused-ring (bicyclic) bond motifs is 1. The fraction of sp³-hybridized carbons (Fsp3) is 0.250. The molecule has 0 saturated carbocycles. The molecule has 3 heteroatoms. The van der Waals surface area contributed by atoms with Crippen molar-refractivity contribution in [1.29, 1.82) is 0 Å². The molecule has 1 aromatic heterocycles. The lowest BCUT2D eigenvalue weighted by Crippen LogP contribution is -1.88. The standard InChI is InChI=1S/C12H12FNS/c1-3-15-12-6-8(2)10-5-4-9(13)7-11(10)14-12/h4-7H,3H2,1-2H3. The fourth-order valence-corrected chi connectivity index (χ4v) is 2.29. The van der Waals surface area contributed by atoms with Crippen LogP contribution >= 0.6 is 11.8 Å². The third-order valence-corrected chi connectivity index (χ3v) is 3.04. The molecule has 0 aliphatic rings. The van der Waals surface area contributed by atoms with Crippen LogP contribution in [-0.4, -0.2) is 10.7 Å². The van der Waals surface area contributed by atoms with E-state index in [4.69, 9.17) is 0 Å². The SMILES string of the molecule is CCSc1cc(C)c2ccc(F)cc2n1. The summed E-state index contributed by atoms with van der Waals surface area (Å²) in [5.41, 5.74) is 1.89. The van der Waals surface area contributed by atoms with Crippen molar-refractivity contribution in [2.24, 2.45) is 0 Å². The van der Waals surface area contributed by atoms with Crippen LogP contribution in [0.5, 0.6) is 0 Å². The van der Waals surface area contributed by atoms with Gasteiger partial charge in [0.25, 0.3) is 0 Å². The molecule has 1 aromatic carbocycles.